The minimum absolute atomic E-state index is 0. The van der Waals surface area contributed by atoms with E-state index < -0.39 is 17.9 Å². The molecule has 0 aliphatic heterocycles. The van der Waals surface area contributed by atoms with Crippen LogP contribution in [0.5, 0.6) is 0 Å². The molecule has 0 aromatic heterocycles. The first-order valence-corrected chi connectivity index (χ1v) is 3.77. The summed E-state index contributed by atoms with van der Waals surface area (Å²) in [7, 11) is 0. The molecule has 0 aliphatic rings. The van der Waals surface area contributed by atoms with Crippen molar-refractivity contribution in [1.82, 2.24) is 0 Å². The van der Waals surface area contributed by atoms with Crippen LogP contribution >= 0.6 is 0 Å². The van der Waals surface area contributed by atoms with Crippen LogP contribution in [0.15, 0.2) is 18.2 Å². The fourth-order valence-electron chi connectivity index (χ4n) is 0.998. The van der Waals surface area contributed by atoms with Crippen molar-refractivity contribution in [1.29, 1.82) is 0 Å². The molecule has 0 fully saturated rings. The Balaban J connectivity index is -0.0000000937. The van der Waals surface area contributed by atoms with Crippen LogP contribution in [0.4, 0.5) is 0 Å². The molecule has 6 nitrogen and oxygen atoms in total. The smallest absolute Gasteiger partial charge is 1.00 e. The van der Waals surface area contributed by atoms with Crippen molar-refractivity contribution >= 4 is 17.9 Å². The van der Waals surface area contributed by atoms with Crippen LogP contribution in [-0.4, -0.2) is 33.2 Å². The van der Waals surface area contributed by atoms with Crippen LogP contribution in [0.3, 0.4) is 0 Å². The van der Waals surface area contributed by atoms with Crippen LogP contribution in [0.25, 0.3) is 0 Å². The maximum Gasteiger partial charge on any atom is 1.00 e. The van der Waals surface area contributed by atoms with Crippen molar-refractivity contribution in [2.45, 2.75) is 0 Å². The number of rotatable bonds is 3. The fourth-order valence-corrected chi connectivity index (χ4v) is 0.998. The average Bonchev–Trinajstić information content (AvgIpc) is 2.16. The van der Waals surface area contributed by atoms with Gasteiger partial charge in [0.25, 0.3) is 0 Å². The zero-order valence-electron chi connectivity index (χ0n) is 13.3. The van der Waals surface area contributed by atoms with Crippen molar-refractivity contribution in [3.8, 4) is 0 Å². The van der Waals surface area contributed by atoms with Crippen molar-refractivity contribution in [3.63, 3.8) is 0 Å². The third kappa shape index (κ3) is 6.70. The molecule has 9 heteroatoms. The van der Waals surface area contributed by atoms with Gasteiger partial charge in [-0.25, -0.2) is 14.4 Å². The van der Waals surface area contributed by atoms with Crippen LogP contribution in [0, 0.1) is 0 Å². The van der Waals surface area contributed by atoms with Crippen LogP contribution in [-0.2, 0) is 0 Å². The molecule has 0 aliphatic carbocycles. The molecule has 0 amide bonds. The number of aromatic carboxylic acids is 3. The van der Waals surface area contributed by atoms with E-state index in [1.807, 2.05) is 0 Å². The van der Waals surface area contributed by atoms with Gasteiger partial charge >= 0.3 is 107 Å². The van der Waals surface area contributed by atoms with E-state index in [4.69, 9.17) is 15.3 Å². The molecule has 0 atom stereocenters. The van der Waals surface area contributed by atoms with Crippen LogP contribution < -0.4 is 88.7 Å². The molecule has 0 radical (unpaired) electrons. The monoisotopic (exact) mass is 282 g/mol. The van der Waals surface area contributed by atoms with E-state index in [-0.39, 0.29) is 110 Å². The summed E-state index contributed by atoms with van der Waals surface area (Å²) in [5.41, 5.74) is -1.10. The molecule has 84 valence electrons. The van der Waals surface area contributed by atoms with Gasteiger partial charge in [0.05, 0.1) is 16.7 Å². The summed E-state index contributed by atoms with van der Waals surface area (Å²) in [6, 6.07) is 2.70. The average molecular weight is 282 g/mol. The van der Waals surface area contributed by atoms with E-state index in [9.17, 15) is 14.4 Å². The molecular formula is C9H9Na3O6. The standard InChI is InChI=1S/C9H6O6.3Na.3H/c10-7(11)4-1-5(8(12)13)3-6(2-4)9(14)15;;;;;;/h1-3H,(H,10,11)(H,12,13)(H,14,15);;;;;;/q;3*+1;3*-1. The summed E-state index contributed by atoms with van der Waals surface area (Å²) in [4.78, 5) is 31.7. The van der Waals surface area contributed by atoms with E-state index in [0.717, 1.165) is 18.2 Å². The molecule has 1 aromatic carbocycles. The molecule has 0 saturated heterocycles. The molecule has 0 bridgehead atoms. The van der Waals surface area contributed by atoms with Crippen molar-refractivity contribution < 1.29 is 123 Å². The Hall–Kier alpha value is 0.630. The largest absolute Gasteiger partial charge is 1.00 e. The molecule has 18 heavy (non-hydrogen) atoms. The second-order valence-corrected chi connectivity index (χ2v) is 2.71. The van der Waals surface area contributed by atoms with E-state index in [1.165, 1.54) is 0 Å². The van der Waals surface area contributed by atoms with Gasteiger partial charge in [-0.3, -0.25) is 0 Å². The van der Waals surface area contributed by atoms with E-state index in [1.54, 1.807) is 0 Å². The molecular weight excluding hydrogens is 273 g/mol. The molecule has 0 spiro atoms. The number of hydrogen-bond acceptors (Lipinski definition) is 3. The summed E-state index contributed by atoms with van der Waals surface area (Å²) >= 11 is 0. The minimum atomic E-state index is -1.37. The molecule has 1 aromatic rings. The van der Waals surface area contributed by atoms with E-state index >= 15 is 0 Å². The predicted octanol–water partition coefficient (Wildman–Crippen LogP) is -7.87. The second-order valence-electron chi connectivity index (χ2n) is 2.71. The van der Waals surface area contributed by atoms with Gasteiger partial charge < -0.3 is 19.6 Å². The first kappa shape index (κ1) is 23.7. The fraction of sp³-hybridized carbons (Fsp3) is 0. The Labute approximate surface area is 173 Å². The number of benzene rings is 1. The van der Waals surface area contributed by atoms with Gasteiger partial charge in [-0.2, -0.15) is 0 Å². The van der Waals surface area contributed by atoms with Crippen molar-refractivity contribution in [2.75, 3.05) is 0 Å². The molecule has 0 heterocycles. The van der Waals surface area contributed by atoms with E-state index in [2.05, 4.69) is 0 Å². The molecule has 0 saturated carbocycles. The Kier molecular flexibility index (Phi) is 13.7. The topological polar surface area (TPSA) is 112 Å². The Morgan fingerprint density at radius 1 is 0.667 bits per heavy atom. The second kappa shape index (κ2) is 10.4. The third-order valence-corrected chi connectivity index (χ3v) is 1.67. The van der Waals surface area contributed by atoms with Gasteiger partial charge in [0.2, 0.25) is 0 Å². The first-order chi connectivity index (χ1) is 6.91. The van der Waals surface area contributed by atoms with Crippen LogP contribution in [0.2, 0.25) is 0 Å². The number of carbonyl (C=O) groups is 3. The van der Waals surface area contributed by atoms with E-state index in [0.29, 0.717) is 0 Å². The first-order valence-electron chi connectivity index (χ1n) is 3.77. The van der Waals surface area contributed by atoms with Crippen molar-refractivity contribution in [3.05, 3.63) is 34.9 Å². The number of hydrogen-bond donors (Lipinski definition) is 3. The third-order valence-electron chi connectivity index (χ3n) is 1.67. The maximum absolute atomic E-state index is 10.6. The molecule has 1 rings (SSSR count). The van der Waals surface area contributed by atoms with Gasteiger partial charge in [-0.05, 0) is 18.2 Å². The summed E-state index contributed by atoms with van der Waals surface area (Å²) in [6.45, 7) is 0. The summed E-state index contributed by atoms with van der Waals surface area (Å²) in [5.74, 6) is -4.12. The van der Waals surface area contributed by atoms with Crippen LogP contribution in [0.1, 0.15) is 35.4 Å². The number of carboxylic acid groups (broad SMARTS) is 3. The Morgan fingerprint density at radius 2 is 0.833 bits per heavy atom. The summed E-state index contributed by atoms with van der Waals surface area (Å²) in [6.07, 6.45) is 0. The normalized spacial score (nSPS) is 8.00. The molecule has 0 unspecified atom stereocenters. The zero-order chi connectivity index (χ0) is 11.6. The minimum Gasteiger partial charge on any atom is -1.00 e. The SMILES string of the molecule is O=C(O)c1cc(C(=O)O)cc(C(=O)O)c1.[H-].[H-].[H-].[Na+].[Na+].[Na+]. The van der Waals surface area contributed by atoms with Gasteiger partial charge in [-0.15, -0.1) is 0 Å². The zero-order valence-corrected chi connectivity index (χ0v) is 16.3. The Morgan fingerprint density at radius 3 is 0.944 bits per heavy atom. The van der Waals surface area contributed by atoms with Gasteiger partial charge in [-0.1, -0.05) is 0 Å². The van der Waals surface area contributed by atoms with Gasteiger partial charge in [0, 0.05) is 0 Å². The quantitative estimate of drug-likeness (QED) is 0.475. The summed E-state index contributed by atoms with van der Waals surface area (Å²) in [5, 5.41) is 25.8. The maximum atomic E-state index is 10.6. The summed E-state index contributed by atoms with van der Waals surface area (Å²) < 4.78 is 0. The predicted molar refractivity (Wildman–Crippen MR) is 50.7 cm³/mol. The van der Waals surface area contributed by atoms with Gasteiger partial charge in [0.1, 0.15) is 0 Å². The number of carboxylic acids is 3. The Bertz CT molecular complexity index is 393. The van der Waals surface area contributed by atoms with Crippen molar-refractivity contribution in [2.24, 2.45) is 0 Å². The molecule has 3 N–H and O–H groups in total. The van der Waals surface area contributed by atoms with Gasteiger partial charge in [0.15, 0.2) is 0 Å².